The van der Waals surface area contributed by atoms with Crippen molar-refractivity contribution in [1.29, 1.82) is 0 Å². The van der Waals surface area contributed by atoms with E-state index in [2.05, 4.69) is 9.97 Å². The number of nitro groups is 1. The van der Waals surface area contributed by atoms with Gasteiger partial charge in [-0.15, -0.1) is 0 Å². The molecule has 7 heteroatoms. The van der Waals surface area contributed by atoms with E-state index < -0.39 is 4.92 Å². The number of benzene rings is 2. The molecule has 3 aromatic rings. The molecule has 0 spiro atoms. The van der Waals surface area contributed by atoms with Crippen LogP contribution in [0.25, 0.3) is 11.0 Å². The number of nitrogens with zero attached hydrogens (tertiary/aromatic N) is 2. The van der Waals surface area contributed by atoms with Crippen LogP contribution in [-0.4, -0.2) is 27.5 Å². The van der Waals surface area contributed by atoms with Crippen molar-refractivity contribution in [3.63, 3.8) is 0 Å². The number of nitro benzene ring substituents is 1. The zero-order chi connectivity index (χ0) is 17.1. The summed E-state index contributed by atoms with van der Waals surface area (Å²) < 4.78 is 4.98. The summed E-state index contributed by atoms with van der Waals surface area (Å²) in [5, 5.41) is 10.7. The first-order chi connectivity index (χ1) is 11.6. The minimum absolute atomic E-state index is 0.0578. The number of rotatable bonds is 5. The summed E-state index contributed by atoms with van der Waals surface area (Å²) in [6.07, 6.45) is 0.515. The fraction of sp³-hybridized carbons (Fsp3) is 0.176. The van der Waals surface area contributed by atoms with Crippen LogP contribution >= 0.6 is 0 Å². The predicted octanol–water partition coefficient (Wildman–Crippen LogP) is 3.24. The summed E-state index contributed by atoms with van der Waals surface area (Å²) in [7, 11) is 0. The topological polar surface area (TPSA) is 98.1 Å². The summed E-state index contributed by atoms with van der Waals surface area (Å²) in [4.78, 5) is 29.6. The van der Waals surface area contributed by atoms with Gasteiger partial charge in [-0.05, 0) is 30.7 Å². The molecular formula is C17H15N3O4. The number of imidazole rings is 1. The highest BCUT2D eigenvalue weighted by molar-refractivity contribution is 5.93. The summed E-state index contributed by atoms with van der Waals surface area (Å²) >= 11 is 0. The highest BCUT2D eigenvalue weighted by atomic mass is 16.6. The maximum Gasteiger partial charge on any atom is 0.338 e. The lowest BCUT2D eigenvalue weighted by Gasteiger charge is -2.00. The zero-order valence-electron chi connectivity index (χ0n) is 13.0. The van der Waals surface area contributed by atoms with Gasteiger partial charge in [0.2, 0.25) is 0 Å². The van der Waals surface area contributed by atoms with Gasteiger partial charge in [0, 0.05) is 18.6 Å². The van der Waals surface area contributed by atoms with Crippen LogP contribution in [0.5, 0.6) is 0 Å². The number of carbonyl (C=O) groups is 1. The first-order valence-corrected chi connectivity index (χ1v) is 7.46. The first-order valence-electron chi connectivity index (χ1n) is 7.46. The van der Waals surface area contributed by atoms with Crippen molar-refractivity contribution >= 4 is 22.7 Å². The maximum absolute atomic E-state index is 11.8. The summed E-state index contributed by atoms with van der Waals surface area (Å²) in [6.45, 7) is 2.08. The molecule has 0 unspecified atom stereocenters. The molecule has 0 aliphatic carbocycles. The number of aromatic amines is 1. The van der Waals surface area contributed by atoms with E-state index >= 15 is 0 Å². The van der Waals surface area contributed by atoms with Gasteiger partial charge < -0.3 is 9.72 Å². The van der Waals surface area contributed by atoms with Crippen LogP contribution in [0.1, 0.15) is 28.7 Å². The number of hydrogen-bond acceptors (Lipinski definition) is 5. The second-order valence-corrected chi connectivity index (χ2v) is 5.24. The zero-order valence-corrected chi connectivity index (χ0v) is 13.0. The molecule has 0 radical (unpaired) electrons. The van der Waals surface area contributed by atoms with Crippen LogP contribution in [0.4, 0.5) is 5.69 Å². The van der Waals surface area contributed by atoms with Crippen LogP contribution in [0.15, 0.2) is 42.5 Å². The van der Waals surface area contributed by atoms with Crippen molar-refractivity contribution < 1.29 is 14.5 Å². The Morgan fingerprint density at radius 3 is 2.67 bits per heavy atom. The Balaban J connectivity index is 1.82. The fourth-order valence-corrected chi connectivity index (χ4v) is 2.42. The van der Waals surface area contributed by atoms with Gasteiger partial charge in [-0.3, -0.25) is 10.1 Å². The summed E-state index contributed by atoms with van der Waals surface area (Å²) in [5.41, 5.74) is 2.93. The lowest BCUT2D eigenvalue weighted by atomic mass is 10.1. The molecule has 1 N–H and O–H groups in total. The highest BCUT2D eigenvalue weighted by Gasteiger charge is 2.10. The molecule has 122 valence electrons. The largest absolute Gasteiger partial charge is 0.462 e. The third-order valence-electron chi connectivity index (χ3n) is 3.56. The molecule has 24 heavy (non-hydrogen) atoms. The number of H-pyrrole nitrogens is 1. The van der Waals surface area contributed by atoms with Gasteiger partial charge in [0.25, 0.3) is 5.69 Å². The number of fused-ring (bicyclic) bond motifs is 1. The third kappa shape index (κ3) is 3.24. The second-order valence-electron chi connectivity index (χ2n) is 5.24. The molecule has 3 rings (SSSR count). The van der Waals surface area contributed by atoms with Crippen LogP contribution in [-0.2, 0) is 11.2 Å². The van der Waals surface area contributed by atoms with E-state index in [1.54, 1.807) is 37.3 Å². The molecule has 0 amide bonds. The molecule has 0 bridgehead atoms. The molecule has 7 nitrogen and oxygen atoms in total. The van der Waals surface area contributed by atoms with Gasteiger partial charge >= 0.3 is 5.97 Å². The van der Waals surface area contributed by atoms with E-state index in [4.69, 9.17) is 4.74 Å². The van der Waals surface area contributed by atoms with Gasteiger partial charge in [0.05, 0.1) is 28.1 Å². The lowest BCUT2D eigenvalue weighted by Crippen LogP contribution is -2.04. The predicted molar refractivity (Wildman–Crippen MR) is 88.0 cm³/mol. The molecule has 1 heterocycles. The maximum atomic E-state index is 11.8. The Hall–Kier alpha value is -3.22. The molecule has 0 aliphatic heterocycles. The average Bonchev–Trinajstić information content (AvgIpc) is 2.96. The molecule has 0 saturated heterocycles. The molecular weight excluding hydrogens is 310 g/mol. The Morgan fingerprint density at radius 1 is 1.25 bits per heavy atom. The smallest absolute Gasteiger partial charge is 0.338 e. The van der Waals surface area contributed by atoms with Crippen molar-refractivity contribution in [3.05, 3.63) is 69.5 Å². The van der Waals surface area contributed by atoms with E-state index in [0.717, 1.165) is 22.4 Å². The number of nitrogens with one attached hydrogen (secondary N) is 1. The van der Waals surface area contributed by atoms with E-state index in [0.29, 0.717) is 18.6 Å². The van der Waals surface area contributed by atoms with Crippen molar-refractivity contribution in [2.24, 2.45) is 0 Å². The number of non-ortho nitro benzene ring substituents is 1. The van der Waals surface area contributed by atoms with Gasteiger partial charge in [-0.1, -0.05) is 12.1 Å². The van der Waals surface area contributed by atoms with E-state index in [1.807, 2.05) is 0 Å². The van der Waals surface area contributed by atoms with Crippen LogP contribution < -0.4 is 0 Å². The van der Waals surface area contributed by atoms with Crippen molar-refractivity contribution in [3.8, 4) is 0 Å². The standard InChI is InChI=1S/C17H15N3O4/c1-2-24-17(21)12-5-8-14-15(10-12)19-16(18-14)9-11-3-6-13(7-4-11)20(22)23/h3-8,10H,2,9H2,1H3,(H,18,19). The Kier molecular flexibility index (Phi) is 4.24. The minimum atomic E-state index is -0.429. The molecule has 1 aromatic heterocycles. The Morgan fingerprint density at radius 2 is 2.00 bits per heavy atom. The van der Waals surface area contributed by atoms with Crippen LogP contribution in [0.2, 0.25) is 0 Å². The first kappa shape index (κ1) is 15.7. The van der Waals surface area contributed by atoms with Crippen LogP contribution in [0.3, 0.4) is 0 Å². The number of aromatic nitrogens is 2. The minimum Gasteiger partial charge on any atom is -0.462 e. The highest BCUT2D eigenvalue weighted by Crippen LogP contribution is 2.18. The monoisotopic (exact) mass is 325 g/mol. The Labute approximate surface area is 137 Å². The molecule has 0 saturated carbocycles. The van der Waals surface area contributed by atoms with E-state index in [-0.39, 0.29) is 11.7 Å². The Bertz CT molecular complexity index is 900. The fourth-order valence-electron chi connectivity index (χ4n) is 2.42. The average molecular weight is 325 g/mol. The summed E-state index contributed by atoms with van der Waals surface area (Å²) in [5.74, 6) is 0.353. The second kappa shape index (κ2) is 6.49. The van der Waals surface area contributed by atoms with E-state index in [1.165, 1.54) is 12.1 Å². The molecule has 2 aromatic carbocycles. The third-order valence-corrected chi connectivity index (χ3v) is 3.56. The van der Waals surface area contributed by atoms with Gasteiger partial charge in [-0.25, -0.2) is 9.78 Å². The van der Waals surface area contributed by atoms with Crippen LogP contribution in [0, 0.1) is 10.1 Å². The molecule has 0 aliphatic rings. The SMILES string of the molecule is CCOC(=O)c1ccc2nc(Cc3ccc([N+](=O)[O-])cc3)[nH]c2c1. The number of carbonyl (C=O) groups excluding carboxylic acids is 1. The van der Waals surface area contributed by atoms with E-state index in [9.17, 15) is 14.9 Å². The van der Waals surface area contributed by atoms with Crippen molar-refractivity contribution in [2.75, 3.05) is 6.61 Å². The van der Waals surface area contributed by atoms with Gasteiger partial charge in [0.15, 0.2) is 0 Å². The summed E-state index contributed by atoms with van der Waals surface area (Å²) in [6, 6.07) is 11.5. The normalized spacial score (nSPS) is 10.7. The van der Waals surface area contributed by atoms with Gasteiger partial charge in [-0.2, -0.15) is 0 Å². The van der Waals surface area contributed by atoms with Gasteiger partial charge in [0.1, 0.15) is 5.82 Å². The number of ether oxygens (including phenoxy) is 1. The molecule has 0 atom stereocenters. The van der Waals surface area contributed by atoms with Crippen molar-refractivity contribution in [2.45, 2.75) is 13.3 Å². The quantitative estimate of drug-likeness (QED) is 0.441. The lowest BCUT2D eigenvalue weighted by molar-refractivity contribution is -0.384. The number of hydrogen-bond donors (Lipinski definition) is 1. The van der Waals surface area contributed by atoms with Crippen molar-refractivity contribution in [1.82, 2.24) is 9.97 Å². The molecule has 0 fully saturated rings. The number of esters is 1.